The molecule has 22 heavy (non-hydrogen) atoms. The molecule has 0 bridgehead atoms. The Hall–Kier alpha value is -2.88. The number of methoxy groups -OCH3 is 2. The maximum Gasteiger partial charge on any atom is 0.338 e. The first kappa shape index (κ1) is 14.1. The molecule has 0 aliphatic carbocycles. The molecule has 0 saturated carbocycles. The van der Waals surface area contributed by atoms with Crippen LogP contribution in [-0.2, 0) is 4.74 Å². The maximum absolute atomic E-state index is 12.1. The predicted octanol–water partition coefficient (Wildman–Crippen LogP) is 3.70. The zero-order chi connectivity index (χ0) is 15.5. The number of hydrogen-bond donors (Lipinski definition) is 0. The number of ether oxygens (including phenoxy) is 2. The van der Waals surface area contributed by atoms with Gasteiger partial charge in [0.2, 0.25) is 0 Å². The van der Waals surface area contributed by atoms with Gasteiger partial charge in [0.05, 0.1) is 31.0 Å². The number of pyridine rings is 1. The van der Waals surface area contributed by atoms with Crippen molar-refractivity contribution in [3.63, 3.8) is 0 Å². The molecule has 0 amide bonds. The molecule has 1 heterocycles. The van der Waals surface area contributed by atoms with E-state index < -0.39 is 0 Å². The molecule has 0 N–H and O–H groups in total. The van der Waals surface area contributed by atoms with Gasteiger partial charge in [-0.1, -0.05) is 30.3 Å². The van der Waals surface area contributed by atoms with Crippen molar-refractivity contribution in [1.82, 2.24) is 4.98 Å². The zero-order valence-electron chi connectivity index (χ0n) is 12.4. The Kier molecular flexibility index (Phi) is 3.74. The third kappa shape index (κ3) is 2.51. The molecule has 110 valence electrons. The van der Waals surface area contributed by atoms with Crippen LogP contribution < -0.4 is 4.74 Å². The molecule has 0 saturated heterocycles. The number of carbonyl (C=O) groups excluding carboxylic acids is 1. The van der Waals surface area contributed by atoms with Crippen molar-refractivity contribution in [2.75, 3.05) is 14.2 Å². The SMILES string of the molecule is COC(=O)c1cc(-c2cccc(OC)c2)nc2ccccc12. The van der Waals surface area contributed by atoms with Gasteiger partial charge in [-0.25, -0.2) is 9.78 Å². The Morgan fingerprint density at radius 2 is 1.82 bits per heavy atom. The third-order valence-corrected chi connectivity index (χ3v) is 3.49. The van der Waals surface area contributed by atoms with E-state index in [4.69, 9.17) is 9.47 Å². The van der Waals surface area contributed by atoms with E-state index in [1.165, 1.54) is 7.11 Å². The minimum atomic E-state index is -0.372. The van der Waals surface area contributed by atoms with E-state index >= 15 is 0 Å². The molecule has 0 atom stereocenters. The van der Waals surface area contributed by atoms with Crippen molar-refractivity contribution in [2.24, 2.45) is 0 Å². The van der Waals surface area contributed by atoms with E-state index in [0.717, 1.165) is 22.2 Å². The van der Waals surface area contributed by atoms with Crippen molar-refractivity contribution in [3.8, 4) is 17.0 Å². The highest BCUT2D eigenvalue weighted by molar-refractivity contribution is 6.04. The average Bonchev–Trinajstić information content (AvgIpc) is 2.60. The Labute approximate surface area is 128 Å². The Morgan fingerprint density at radius 3 is 2.59 bits per heavy atom. The number of benzene rings is 2. The average molecular weight is 293 g/mol. The number of carbonyl (C=O) groups is 1. The highest BCUT2D eigenvalue weighted by Crippen LogP contribution is 2.27. The van der Waals surface area contributed by atoms with Crippen LogP contribution >= 0.6 is 0 Å². The summed E-state index contributed by atoms with van der Waals surface area (Å²) in [6.45, 7) is 0. The monoisotopic (exact) mass is 293 g/mol. The highest BCUT2D eigenvalue weighted by atomic mass is 16.5. The lowest BCUT2D eigenvalue weighted by molar-refractivity contribution is 0.0603. The van der Waals surface area contributed by atoms with Crippen LogP contribution in [0.1, 0.15) is 10.4 Å². The van der Waals surface area contributed by atoms with Gasteiger partial charge in [0.25, 0.3) is 0 Å². The fourth-order valence-electron chi connectivity index (χ4n) is 2.38. The molecule has 0 aliphatic rings. The summed E-state index contributed by atoms with van der Waals surface area (Å²) in [6, 6.07) is 16.8. The van der Waals surface area contributed by atoms with E-state index in [0.29, 0.717) is 11.3 Å². The van der Waals surface area contributed by atoms with Gasteiger partial charge in [0.1, 0.15) is 5.75 Å². The molecule has 0 spiro atoms. The molecule has 0 unspecified atom stereocenters. The number of esters is 1. The first-order chi connectivity index (χ1) is 10.7. The molecular formula is C18H15NO3. The zero-order valence-corrected chi connectivity index (χ0v) is 12.4. The van der Waals surface area contributed by atoms with E-state index in [1.54, 1.807) is 13.2 Å². The van der Waals surface area contributed by atoms with Gasteiger partial charge in [-0.3, -0.25) is 0 Å². The predicted molar refractivity (Wildman–Crippen MR) is 85.1 cm³/mol. The van der Waals surface area contributed by atoms with Crippen molar-refractivity contribution >= 4 is 16.9 Å². The summed E-state index contributed by atoms with van der Waals surface area (Å²) in [7, 11) is 3.00. The quantitative estimate of drug-likeness (QED) is 0.691. The maximum atomic E-state index is 12.1. The normalized spacial score (nSPS) is 10.5. The van der Waals surface area contributed by atoms with Crippen LogP contribution in [0.25, 0.3) is 22.2 Å². The summed E-state index contributed by atoms with van der Waals surface area (Å²) >= 11 is 0. The van der Waals surface area contributed by atoms with Crippen molar-refractivity contribution in [1.29, 1.82) is 0 Å². The number of nitrogens with zero attached hydrogens (tertiary/aromatic N) is 1. The number of aromatic nitrogens is 1. The minimum Gasteiger partial charge on any atom is -0.497 e. The Balaban J connectivity index is 2.24. The van der Waals surface area contributed by atoms with E-state index in [1.807, 2.05) is 48.5 Å². The molecule has 2 aromatic carbocycles. The first-order valence-electron chi connectivity index (χ1n) is 6.85. The molecule has 0 fully saturated rings. The molecular weight excluding hydrogens is 278 g/mol. The second-order valence-electron chi connectivity index (χ2n) is 4.80. The molecule has 4 nitrogen and oxygen atoms in total. The van der Waals surface area contributed by atoms with Crippen molar-refractivity contribution in [2.45, 2.75) is 0 Å². The summed E-state index contributed by atoms with van der Waals surface area (Å²) < 4.78 is 10.1. The number of para-hydroxylation sites is 1. The molecule has 3 aromatic rings. The Bertz CT molecular complexity index is 843. The fraction of sp³-hybridized carbons (Fsp3) is 0.111. The number of hydrogen-bond acceptors (Lipinski definition) is 4. The molecule has 0 radical (unpaired) electrons. The topological polar surface area (TPSA) is 48.4 Å². The second-order valence-corrected chi connectivity index (χ2v) is 4.80. The highest BCUT2D eigenvalue weighted by Gasteiger charge is 2.14. The van der Waals surface area contributed by atoms with Crippen LogP contribution in [0.4, 0.5) is 0 Å². The van der Waals surface area contributed by atoms with Crippen molar-refractivity contribution in [3.05, 3.63) is 60.2 Å². The summed E-state index contributed by atoms with van der Waals surface area (Å²) in [4.78, 5) is 16.7. The van der Waals surface area contributed by atoms with Crippen molar-refractivity contribution < 1.29 is 14.3 Å². The van der Waals surface area contributed by atoms with Gasteiger partial charge in [0, 0.05) is 10.9 Å². The van der Waals surface area contributed by atoms with Crippen LogP contribution in [0.2, 0.25) is 0 Å². The van der Waals surface area contributed by atoms with Gasteiger partial charge in [-0.2, -0.15) is 0 Å². The largest absolute Gasteiger partial charge is 0.497 e. The number of fused-ring (bicyclic) bond motifs is 1. The summed E-state index contributed by atoms with van der Waals surface area (Å²) in [5, 5.41) is 0.779. The van der Waals surface area contributed by atoms with Crippen LogP contribution in [0.5, 0.6) is 5.75 Å². The van der Waals surface area contributed by atoms with Crippen LogP contribution in [0.3, 0.4) is 0 Å². The lowest BCUT2D eigenvalue weighted by Crippen LogP contribution is -2.03. The standard InChI is InChI=1S/C18H15NO3/c1-21-13-7-5-6-12(10-13)17-11-15(18(20)22-2)14-8-3-4-9-16(14)19-17/h3-11H,1-2H3. The van der Waals surface area contributed by atoms with E-state index in [-0.39, 0.29) is 5.97 Å². The molecule has 0 aliphatic heterocycles. The van der Waals surface area contributed by atoms with E-state index in [9.17, 15) is 4.79 Å². The van der Waals surface area contributed by atoms with Gasteiger partial charge < -0.3 is 9.47 Å². The summed E-state index contributed by atoms with van der Waals surface area (Å²) in [5.74, 6) is 0.370. The van der Waals surface area contributed by atoms with Crippen LogP contribution in [0.15, 0.2) is 54.6 Å². The van der Waals surface area contributed by atoms with E-state index in [2.05, 4.69) is 4.98 Å². The van der Waals surface area contributed by atoms with Gasteiger partial charge in [0.15, 0.2) is 0 Å². The van der Waals surface area contributed by atoms with Crippen LogP contribution in [0, 0.1) is 0 Å². The third-order valence-electron chi connectivity index (χ3n) is 3.49. The molecule has 4 heteroatoms. The van der Waals surface area contributed by atoms with Gasteiger partial charge >= 0.3 is 5.97 Å². The number of rotatable bonds is 3. The smallest absolute Gasteiger partial charge is 0.338 e. The second kappa shape index (κ2) is 5.85. The first-order valence-corrected chi connectivity index (χ1v) is 6.85. The summed E-state index contributed by atoms with van der Waals surface area (Å²) in [5.41, 5.74) is 2.85. The molecule has 1 aromatic heterocycles. The molecule has 3 rings (SSSR count). The lowest BCUT2D eigenvalue weighted by atomic mass is 10.0. The Morgan fingerprint density at radius 1 is 1.00 bits per heavy atom. The minimum absolute atomic E-state index is 0.372. The van der Waals surface area contributed by atoms with Gasteiger partial charge in [-0.15, -0.1) is 0 Å². The lowest BCUT2D eigenvalue weighted by Gasteiger charge is -2.09. The summed E-state index contributed by atoms with van der Waals surface area (Å²) in [6.07, 6.45) is 0. The fourth-order valence-corrected chi connectivity index (χ4v) is 2.38. The van der Waals surface area contributed by atoms with Gasteiger partial charge in [-0.05, 0) is 24.3 Å². The van der Waals surface area contributed by atoms with Crippen LogP contribution in [-0.4, -0.2) is 25.2 Å².